The van der Waals surface area contributed by atoms with Crippen LogP contribution >= 0.6 is 0 Å². The fourth-order valence-corrected chi connectivity index (χ4v) is 2.13. The number of phenolic OH excluding ortho intramolecular Hbond substituents is 1. The molecule has 0 radical (unpaired) electrons. The normalized spacial score (nSPS) is 12.3. The van der Waals surface area contributed by atoms with Gasteiger partial charge < -0.3 is 10.4 Å². The Balaban J connectivity index is 2.00. The molecule has 2 nitrogen and oxygen atoms in total. The van der Waals surface area contributed by atoms with Gasteiger partial charge in [-0.1, -0.05) is 43.3 Å². The van der Waals surface area contributed by atoms with Crippen LogP contribution in [0, 0.1) is 5.82 Å². The lowest BCUT2D eigenvalue weighted by Gasteiger charge is -2.15. The first-order chi connectivity index (χ1) is 9.61. The maximum absolute atomic E-state index is 13.2. The number of nitrogens with one attached hydrogen (secondary N) is 1. The van der Waals surface area contributed by atoms with E-state index < -0.39 is 5.82 Å². The molecule has 2 rings (SSSR count). The molecule has 0 aliphatic heterocycles. The molecule has 0 saturated carbocycles. The van der Waals surface area contributed by atoms with Crippen molar-refractivity contribution in [2.45, 2.75) is 32.9 Å². The molecule has 0 aromatic heterocycles. The summed E-state index contributed by atoms with van der Waals surface area (Å²) >= 11 is 0. The van der Waals surface area contributed by atoms with Gasteiger partial charge in [0.05, 0.1) is 0 Å². The molecule has 2 aromatic carbocycles. The van der Waals surface area contributed by atoms with Crippen LogP contribution in [0.5, 0.6) is 5.75 Å². The second kappa shape index (κ2) is 6.53. The Morgan fingerprint density at radius 3 is 2.50 bits per heavy atom. The van der Waals surface area contributed by atoms with E-state index in [4.69, 9.17) is 0 Å². The molecule has 0 heterocycles. The number of rotatable bonds is 5. The van der Waals surface area contributed by atoms with Crippen LogP contribution < -0.4 is 5.32 Å². The van der Waals surface area contributed by atoms with Crippen molar-refractivity contribution in [3.63, 3.8) is 0 Å². The summed E-state index contributed by atoms with van der Waals surface area (Å²) in [4.78, 5) is 0. The average Bonchev–Trinajstić information content (AvgIpc) is 2.48. The number of para-hydroxylation sites is 1. The average molecular weight is 273 g/mol. The zero-order chi connectivity index (χ0) is 14.5. The lowest BCUT2D eigenvalue weighted by atomic mass is 10.0. The van der Waals surface area contributed by atoms with E-state index >= 15 is 0 Å². The molecule has 20 heavy (non-hydrogen) atoms. The predicted molar refractivity (Wildman–Crippen MR) is 79.1 cm³/mol. The van der Waals surface area contributed by atoms with E-state index in [2.05, 4.69) is 43.4 Å². The third kappa shape index (κ3) is 3.36. The summed E-state index contributed by atoms with van der Waals surface area (Å²) in [7, 11) is 0. The first kappa shape index (κ1) is 14.5. The fraction of sp³-hybridized carbons (Fsp3) is 0.294. The Labute approximate surface area is 119 Å². The number of aromatic hydroxyl groups is 1. The first-order valence-electron chi connectivity index (χ1n) is 6.90. The van der Waals surface area contributed by atoms with Gasteiger partial charge in [0.15, 0.2) is 11.6 Å². The van der Waals surface area contributed by atoms with Gasteiger partial charge in [0, 0.05) is 18.2 Å². The van der Waals surface area contributed by atoms with Gasteiger partial charge in [-0.3, -0.25) is 0 Å². The van der Waals surface area contributed by atoms with Crippen LogP contribution in [0.15, 0.2) is 42.5 Å². The molecule has 0 aliphatic rings. The second-order valence-corrected chi connectivity index (χ2v) is 4.95. The maximum Gasteiger partial charge on any atom is 0.165 e. The van der Waals surface area contributed by atoms with Crippen LogP contribution in [0.1, 0.15) is 36.6 Å². The monoisotopic (exact) mass is 273 g/mol. The van der Waals surface area contributed by atoms with Crippen molar-refractivity contribution in [3.8, 4) is 5.75 Å². The van der Waals surface area contributed by atoms with Crippen LogP contribution in [0.25, 0.3) is 0 Å². The summed E-state index contributed by atoms with van der Waals surface area (Å²) < 4.78 is 13.2. The zero-order valence-corrected chi connectivity index (χ0v) is 11.9. The van der Waals surface area contributed by atoms with Crippen molar-refractivity contribution in [2.24, 2.45) is 0 Å². The van der Waals surface area contributed by atoms with Crippen LogP contribution in [-0.4, -0.2) is 5.11 Å². The Hall–Kier alpha value is -1.87. The highest BCUT2D eigenvalue weighted by molar-refractivity contribution is 5.33. The number of halogens is 1. The van der Waals surface area contributed by atoms with E-state index in [1.165, 1.54) is 17.2 Å². The molecule has 106 valence electrons. The third-order valence-electron chi connectivity index (χ3n) is 3.56. The van der Waals surface area contributed by atoms with Crippen molar-refractivity contribution in [2.75, 3.05) is 0 Å². The summed E-state index contributed by atoms with van der Waals surface area (Å²) in [5.41, 5.74) is 3.06. The first-order valence-corrected chi connectivity index (χ1v) is 6.90. The molecule has 0 amide bonds. The predicted octanol–water partition coefficient (Wildman–Crippen LogP) is 3.94. The Morgan fingerprint density at radius 2 is 1.85 bits per heavy atom. The molecule has 0 saturated heterocycles. The molecular weight excluding hydrogens is 253 g/mol. The zero-order valence-electron chi connectivity index (χ0n) is 11.9. The van der Waals surface area contributed by atoms with Crippen molar-refractivity contribution in [3.05, 3.63) is 65.0 Å². The second-order valence-electron chi connectivity index (χ2n) is 4.95. The van der Waals surface area contributed by atoms with Gasteiger partial charge in [-0.2, -0.15) is 0 Å². The third-order valence-corrected chi connectivity index (χ3v) is 3.56. The largest absolute Gasteiger partial charge is 0.505 e. The van der Waals surface area contributed by atoms with E-state index in [-0.39, 0.29) is 11.8 Å². The van der Waals surface area contributed by atoms with Gasteiger partial charge in [0.1, 0.15) is 0 Å². The van der Waals surface area contributed by atoms with E-state index in [0.29, 0.717) is 12.1 Å². The smallest absolute Gasteiger partial charge is 0.165 e. The van der Waals surface area contributed by atoms with Crippen LogP contribution in [0.4, 0.5) is 4.39 Å². The minimum Gasteiger partial charge on any atom is -0.505 e. The molecular formula is C17H20FNO. The minimum absolute atomic E-state index is 0.142. The van der Waals surface area contributed by atoms with E-state index in [1.807, 2.05) is 0 Å². The van der Waals surface area contributed by atoms with Gasteiger partial charge in [-0.25, -0.2) is 4.39 Å². The minimum atomic E-state index is -0.579. The van der Waals surface area contributed by atoms with Crippen molar-refractivity contribution >= 4 is 0 Å². The maximum atomic E-state index is 13.2. The molecule has 3 heteroatoms. The Bertz CT molecular complexity index is 566. The summed E-state index contributed by atoms with van der Waals surface area (Å²) in [5.74, 6) is -0.849. The van der Waals surface area contributed by atoms with Crippen LogP contribution in [0.3, 0.4) is 0 Å². The van der Waals surface area contributed by atoms with Gasteiger partial charge in [0.2, 0.25) is 0 Å². The number of hydrogen-bond acceptors (Lipinski definition) is 2. The fourth-order valence-electron chi connectivity index (χ4n) is 2.13. The van der Waals surface area contributed by atoms with E-state index in [1.54, 1.807) is 12.1 Å². The molecule has 1 atom stereocenters. The lowest BCUT2D eigenvalue weighted by Crippen LogP contribution is -2.18. The number of aryl methyl sites for hydroxylation is 1. The lowest BCUT2D eigenvalue weighted by molar-refractivity contribution is 0.421. The number of hydrogen-bond donors (Lipinski definition) is 2. The SMILES string of the molecule is CCc1ccc(C(C)NCc2cccc(F)c2O)cc1. The topological polar surface area (TPSA) is 32.3 Å². The molecule has 0 spiro atoms. The highest BCUT2D eigenvalue weighted by Gasteiger charge is 2.09. The number of benzene rings is 2. The molecule has 0 bridgehead atoms. The van der Waals surface area contributed by atoms with E-state index in [0.717, 1.165) is 6.42 Å². The molecule has 0 aliphatic carbocycles. The Kier molecular flexibility index (Phi) is 4.74. The van der Waals surface area contributed by atoms with Gasteiger partial charge in [0.25, 0.3) is 0 Å². The number of phenols is 1. The summed E-state index contributed by atoms with van der Waals surface area (Å²) in [5, 5.41) is 12.9. The Morgan fingerprint density at radius 1 is 1.15 bits per heavy atom. The van der Waals surface area contributed by atoms with Crippen LogP contribution in [-0.2, 0) is 13.0 Å². The molecule has 0 fully saturated rings. The highest BCUT2D eigenvalue weighted by Crippen LogP contribution is 2.22. The standard InChI is InChI=1S/C17H20FNO/c1-3-13-7-9-14(10-8-13)12(2)19-11-15-5-4-6-16(18)17(15)20/h4-10,12,19-20H,3,11H2,1-2H3. The van der Waals surface area contributed by atoms with Crippen LogP contribution in [0.2, 0.25) is 0 Å². The van der Waals surface area contributed by atoms with Crippen molar-refractivity contribution in [1.82, 2.24) is 5.32 Å². The van der Waals surface area contributed by atoms with Crippen molar-refractivity contribution < 1.29 is 9.50 Å². The van der Waals surface area contributed by atoms with Crippen molar-refractivity contribution in [1.29, 1.82) is 0 Å². The molecule has 2 aromatic rings. The highest BCUT2D eigenvalue weighted by atomic mass is 19.1. The van der Waals surface area contributed by atoms with E-state index in [9.17, 15) is 9.50 Å². The molecule has 2 N–H and O–H groups in total. The summed E-state index contributed by atoms with van der Waals surface area (Å²) in [6.45, 7) is 4.61. The van der Waals surface area contributed by atoms with Gasteiger partial charge >= 0.3 is 0 Å². The summed E-state index contributed by atoms with van der Waals surface area (Å²) in [6.07, 6.45) is 1.03. The van der Waals surface area contributed by atoms with Gasteiger partial charge in [-0.05, 0) is 30.5 Å². The quantitative estimate of drug-likeness (QED) is 0.864. The molecule has 1 unspecified atom stereocenters. The summed E-state index contributed by atoms with van der Waals surface area (Å²) in [6, 6.07) is 13.2. The van der Waals surface area contributed by atoms with Gasteiger partial charge in [-0.15, -0.1) is 0 Å².